The van der Waals surface area contributed by atoms with Crippen LogP contribution in [0.5, 0.6) is 0 Å². The van der Waals surface area contributed by atoms with Crippen molar-refractivity contribution in [1.82, 2.24) is 9.63 Å². The fraction of sp³-hybridized carbons (Fsp3) is 0.182. The molecule has 0 fully saturated rings. The third-order valence-corrected chi connectivity index (χ3v) is 5.63. The lowest BCUT2D eigenvalue weighted by molar-refractivity contribution is -0.0585. The number of nitrogens with zero attached hydrogens (tertiary/aromatic N) is 2. The van der Waals surface area contributed by atoms with Gasteiger partial charge in [-0.15, -0.1) is 0 Å². The summed E-state index contributed by atoms with van der Waals surface area (Å²) < 4.78 is 15.8. The van der Waals surface area contributed by atoms with E-state index in [1.807, 2.05) is 6.92 Å². The summed E-state index contributed by atoms with van der Waals surface area (Å²) in [7, 11) is 0. The smallest absolute Gasteiger partial charge is 0.343 e. The van der Waals surface area contributed by atoms with Crippen molar-refractivity contribution in [2.45, 2.75) is 25.8 Å². The van der Waals surface area contributed by atoms with E-state index < -0.39 is 29.0 Å². The first-order valence-corrected chi connectivity index (χ1v) is 9.44. The average molecular weight is 406 g/mol. The Hall–Kier alpha value is -3.81. The van der Waals surface area contributed by atoms with Crippen LogP contribution in [0.3, 0.4) is 0 Å². The second kappa shape index (κ2) is 6.35. The van der Waals surface area contributed by atoms with E-state index in [1.165, 1.54) is 24.4 Å². The predicted octanol–water partition coefficient (Wildman–Crippen LogP) is 3.02. The Morgan fingerprint density at radius 3 is 2.43 bits per heavy atom. The summed E-state index contributed by atoms with van der Waals surface area (Å²) >= 11 is 0. The van der Waals surface area contributed by atoms with Gasteiger partial charge in [0.1, 0.15) is 11.4 Å². The molecule has 30 heavy (non-hydrogen) atoms. The van der Waals surface area contributed by atoms with Crippen LogP contribution in [0.4, 0.5) is 4.39 Å². The van der Waals surface area contributed by atoms with Crippen molar-refractivity contribution in [3.05, 3.63) is 80.9 Å². The van der Waals surface area contributed by atoms with Crippen LogP contribution in [0.25, 0.3) is 10.9 Å². The van der Waals surface area contributed by atoms with Crippen LogP contribution in [0, 0.1) is 5.82 Å². The number of aryl methyl sites for hydroxylation is 1. The summed E-state index contributed by atoms with van der Waals surface area (Å²) in [5.41, 5.74) is 0.418. The highest BCUT2D eigenvalue weighted by molar-refractivity contribution is 6.21. The van der Waals surface area contributed by atoms with E-state index in [9.17, 15) is 23.6 Å². The Balaban J connectivity index is 1.59. The van der Waals surface area contributed by atoms with Crippen molar-refractivity contribution >= 4 is 28.7 Å². The highest BCUT2D eigenvalue weighted by atomic mass is 19.1. The summed E-state index contributed by atoms with van der Waals surface area (Å²) in [6.07, 6.45) is 2.69. The minimum Gasteiger partial charge on any atom is -0.343 e. The molecule has 0 radical (unpaired) electrons. The number of carbonyl (C=O) groups excluding carboxylic acids is 3. The normalized spacial score (nSPS) is 17.4. The van der Waals surface area contributed by atoms with E-state index in [4.69, 9.17) is 4.84 Å². The minimum atomic E-state index is -1.15. The molecule has 0 aliphatic carbocycles. The molecule has 1 atom stereocenters. The lowest BCUT2D eigenvalue weighted by Crippen LogP contribution is -2.35. The Morgan fingerprint density at radius 1 is 1.10 bits per heavy atom. The number of aromatic nitrogens is 1. The van der Waals surface area contributed by atoms with E-state index in [0.717, 1.165) is 6.07 Å². The first-order valence-electron chi connectivity index (χ1n) is 9.44. The third-order valence-electron chi connectivity index (χ3n) is 5.63. The van der Waals surface area contributed by atoms with E-state index >= 15 is 0 Å². The number of amides is 2. The summed E-state index contributed by atoms with van der Waals surface area (Å²) in [6.45, 7) is 1.93. The van der Waals surface area contributed by atoms with Crippen LogP contribution in [0.2, 0.25) is 0 Å². The number of halogens is 1. The van der Waals surface area contributed by atoms with E-state index in [0.29, 0.717) is 29.0 Å². The molecular weight excluding hydrogens is 391 g/mol. The number of hydrogen-bond acceptors (Lipinski definition) is 5. The van der Waals surface area contributed by atoms with Crippen molar-refractivity contribution in [2.24, 2.45) is 0 Å². The monoisotopic (exact) mass is 406 g/mol. The van der Waals surface area contributed by atoms with Crippen molar-refractivity contribution in [3.8, 4) is 0 Å². The molecule has 1 aromatic heterocycles. The molecule has 8 heteroatoms. The standard InChI is InChI=1S/C22H15FN2O5/c1-11-6-7-12-8-13(23)9-16-18(12)24(11)10-17(19(16)26)22(29)30-25-20(27)14-4-2-3-5-15(14)21(25)28/h2-5,8-11H,6-7H2,1H3. The maximum absolute atomic E-state index is 14.1. The number of hydroxylamine groups is 2. The first-order chi connectivity index (χ1) is 14.4. The van der Waals surface area contributed by atoms with Crippen molar-refractivity contribution in [2.75, 3.05) is 0 Å². The van der Waals surface area contributed by atoms with Crippen LogP contribution >= 0.6 is 0 Å². The van der Waals surface area contributed by atoms with Gasteiger partial charge in [0.25, 0.3) is 11.8 Å². The largest absolute Gasteiger partial charge is 0.369 e. The molecule has 0 saturated carbocycles. The Bertz CT molecular complexity index is 1310. The van der Waals surface area contributed by atoms with Gasteiger partial charge in [-0.05, 0) is 49.6 Å². The van der Waals surface area contributed by atoms with Crippen LogP contribution in [-0.4, -0.2) is 27.4 Å². The number of pyridine rings is 1. The molecule has 0 spiro atoms. The lowest BCUT2D eigenvalue weighted by Gasteiger charge is -2.26. The SMILES string of the molecule is CC1CCc2cc(F)cc3c(=O)c(C(=O)ON4C(=O)c5ccccc5C4=O)cn1c23. The number of benzene rings is 2. The Morgan fingerprint density at radius 2 is 1.77 bits per heavy atom. The molecule has 150 valence electrons. The summed E-state index contributed by atoms with van der Waals surface area (Å²) in [5, 5.41) is 0.418. The molecule has 0 saturated heterocycles. The van der Waals surface area contributed by atoms with E-state index in [1.54, 1.807) is 16.7 Å². The number of hydrogen-bond donors (Lipinski definition) is 0. The van der Waals surface area contributed by atoms with Gasteiger partial charge in [0.15, 0.2) is 0 Å². The van der Waals surface area contributed by atoms with Crippen LogP contribution in [0.1, 0.15) is 56.0 Å². The van der Waals surface area contributed by atoms with Crippen LogP contribution in [-0.2, 0) is 11.3 Å². The van der Waals surface area contributed by atoms with Gasteiger partial charge in [0, 0.05) is 17.6 Å². The van der Waals surface area contributed by atoms with E-state index in [-0.39, 0.29) is 28.1 Å². The third kappa shape index (κ3) is 2.50. The zero-order chi connectivity index (χ0) is 21.2. The van der Waals surface area contributed by atoms with Gasteiger partial charge >= 0.3 is 5.97 Å². The second-order valence-electron chi connectivity index (χ2n) is 7.46. The molecule has 5 rings (SSSR count). The van der Waals surface area contributed by atoms with E-state index in [2.05, 4.69) is 0 Å². The molecule has 3 heterocycles. The van der Waals surface area contributed by atoms with Gasteiger partial charge in [-0.25, -0.2) is 9.18 Å². The highest BCUT2D eigenvalue weighted by Gasteiger charge is 2.39. The van der Waals surface area contributed by atoms with Gasteiger partial charge in [-0.1, -0.05) is 17.2 Å². The topological polar surface area (TPSA) is 85.7 Å². The fourth-order valence-electron chi connectivity index (χ4n) is 4.11. The zero-order valence-electron chi connectivity index (χ0n) is 15.8. The zero-order valence-corrected chi connectivity index (χ0v) is 15.8. The molecular formula is C22H15FN2O5. The van der Waals surface area contributed by atoms with Gasteiger partial charge in [0.2, 0.25) is 5.43 Å². The molecule has 2 aromatic carbocycles. The number of rotatable bonds is 2. The Kier molecular flexibility index (Phi) is 3.86. The molecule has 0 bridgehead atoms. The molecule has 2 aliphatic heterocycles. The van der Waals surface area contributed by atoms with Gasteiger partial charge in [-0.2, -0.15) is 0 Å². The average Bonchev–Trinajstić information content (AvgIpc) is 2.97. The van der Waals surface area contributed by atoms with Crippen LogP contribution in [0.15, 0.2) is 47.4 Å². The molecule has 7 nitrogen and oxygen atoms in total. The molecule has 2 aliphatic rings. The molecule has 2 amide bonds. The maximum atomic E-state index is 14.1. The lowest BCUT2D eigenvalue weighted by atomic mass is 9.96. The summed E-state index contributed by atoms with van der Waals surface area (Å²) in [6, 6.07) is 8.52. The highest BCUT2D eigenvalue weighted by Crippen LogP contribution is 2.31. The van der Waals surface area contributed by atoms with Gasteiger partial charge < -0.3 is 9.40 Å². The summed E-state index contributed by atoms with van der Waals surface area (Å²) in [5.74, 6) is -3.29. The number of carbonyl (C=O) groups is 3. The first kappa shape index (κ1) is 18.2. The quantitative estimate of drug-likeness (QED) is 0.611. The number of fused-ring (bicyclic) bond motifs is 1. The fourth-order valence-corrected chi connectivity index (χ4v) is 4.11. The van der Waals surface area contributed by atoms with Crippen molar-refractivity contribution in [1.29, 1.82) is 0 Å². The second-order valence-corrected chi connectivity index (χ2v) is 7.46. The maximum Gasteiger partial charge on any atom is 0.369 e. The Labute approximate surface area is 169 Å². The van der Waals surface area contributed by atoms with Crippen molar-refractivity contribution in [3.63, 3.8) is 0 Å². The predicted molar refractivity (Wildman–Crippen MR) is 104 cm³/mol. The molecule has 0 N–H and O–H groups in total. The molecule has 1 unspecified atom stereocenters. The number of imide groups is 1. The van der Waals surface area contributed by atoms with Gasteiger partial charge in [-0.3, -0.25) is 14.4 Å². The molecule has 3 aromatic rings. The van der Waals surface area contributed by atoms with Crippen molar-refractivity contribution < 1.29 is 23.6 Å². The summed E-state index contributed by atoms with van der Waals surface area (Å²) in [4.78, 5) is 55.7. The minimum absolute atomic E-state index is 0.0306. The van der Waals surface area contributed by atoms with Gasteiger partial charge in [0.05, 0.1) is 16.6 Å². The van der Waals surface area contributed by atoms with Crippen LogP contribution < -0.4 is 5.43 Å².